The molecule has 0 aromatic carbocycles. The fourth-order valence-electron chi connectivity index (χ4n) is 2.66. The van der Waals surface area contributed by atoms with Crippen molar-refractivity contribution in [3.8, 4) is 0 Å². The molecule has 1 amide bonds. The third kappa shape index (κ3) is 3.91. The van der Waals surface area contributed by atoms with Crippen LogP contribution in [0, 0.1) is 5.92 Å². The van der Waals surface area contributed by atoms with E-state index in [1.54, 1.807) is 7.05 Å². The molecule has 1 aromatic rings. The third-order valence-electron chi connectivity index (χ3n) is 3.87. The van der Waals surface area contributed by atoms with E-state index in [0.29, 0.717) is 19.0 Å². The van der Waals surface area contributed by atoms with Gasteiger partial charge in [-0.15, -0.1) is 0 Å². The molecule has 2 N–H and O–H groups in total. The van der Waals surface area contributed by atoms with Crippen LogP contribution in [-0.4, -0.2) is 53.9 Å². The van der Waals surface area contributed by atoms with Gasteiger partial charge in [-0.25, -0.2) is 8.42 Å². The number of carbonyl (C=O) groups is 2. The fraction of sp³-hybridized carbons (Fsp3) is 0.571. The Labute approximate surface area is 135 Å². The number of carboxylic acids is 1. The third-order valence-corrected chi connectivity index (χ3v) is 5.70. The molecule has 1 unspecified atom stereocenters. The van der Waals surface area contributed by atoms with Crippen LogP contribution in [0.5, 0.6) is 0 Å². The van der Waals surface area contributed by atoms with Gasteiger partial charge in [0.25, 0.3) is 5.91 Å². The van der Waals surface area contributed by atoms with Gasteiger partial charge in [-0.3, -0.25) is 9.59 Å². The van der Waals surface area contributed by atoms with Crippen molar-refractivity contribution >= 4 is 21.9 Å². The predicted octanol–water partition coefficient (Wildman–Crippen LogP) is 0.260. The molecule has 0 bridgehead atoms. The van der Waals surface area contributed by atoms with Gasteiger partial charge in [0.15, 0.2) is 0 Å². The van der Waals surface area contributed by atoms with Crippen LogP contribution in [0.3, 0.4) is 0 Å². The van der Waals surface area contributed by atoms with Crippen LogP contribution in [0.1, 0.15) is 30.3 Å². The lowest BCUT2D eigenvalue weighted by atomic mass is 10.0. The molecular formula is C14H21N3O5S. The van der Waals surface area contributed by atoms with Gasteiger partial charge in [0, 0.05) is 26.3 Å². The maximum absolute atomic E-state index is 12.7. The van der Waals surface area contributed by atoms with E-state index in [4.69, 9.17) is 5.11 Å². The van der Waals surface area contributed by atoms with Gasteiger partial charge in [-0.1, -0.05) is 6.92 Å². The molecule has 1 aliphatic heterocycles. The van der Waals surface area contributed by atoms with Crippen LogP contribution in [-0.2, 0) is 21.9 Å². The largest absolute Gasteiger partial charge is 0.480 e. The number of piperidine rings is 1. The standard InChI is InChI=1S/C14H21N3O5S/c1-10-4-3-5-17(8-10)23(21,22)11-6-12(16(2)9-11)14(20)15-7-13(18)19/h6,9-10H,3-5,7-8H2,1-2H3,(H,15,20)(H,18,19). The van der Waals surface area contributed by atoms with Gasteiger partial charge >= 0.3 is 5.97 Å². The number of amides is 1. The van der Waals surface area contributed by atoms with Crippen molar-refractivity contribution in [3.05, 3.63) is 18.0 Å². The van der Waals surface area contributed by atoms with Crippen molar-refractivity contribution in [2.45, 2.75) is 24.7 Å². The molecule has 1 fully saturated rings. The fourth-order valence-corrected chi connectivity index (χ4v) is 4.33. The lowest BCUT2D eigenvalue weighted by Crippen LogP contribution is -2.38. The Bertz CT molecular complexity index is 710. The lowest BCUT2D eigenvalue weighted by Gasteiger charge is -2.29. The smallest absolute Gasteiger partial charge is 0.322 e. The molecule has 9 heteroatoms. The number of carbonyl (C=O) groups excluding carboxylic acids is 1. The van der Waals surface area contributed by atoms with Crippen LogP contribution in [0.2, 0.25) is 0 Å². The van der Waals surface area contributed by atoms with Gasteiger partial charge < -0.3 is 15.0 Å². The summed E-state index contributed by atoms with van der Waals surface area (Å²) in [4.78, 5) is 22.5. The van der Waals surface area contributed by atoms with Crippen molar-refractivity contribution in [2.24, 2.45) is 13.0 Å². The van der Waals surface area contributed by atoms with Gasteiger partial charge in [0.1, 0.15) is 17.1 Å². The Morgan fingerprint density at radius 1 is 1.43 bits per heavy atom. The Morgan fingerprint density at radius 3 is 2.74 bits per heavy atom. The molecule has 23 heavy (non-hydrogen) atoms. The summed E-state index contributed by atoms with van der Waals surface area (Å²) in [6.07, 6.45) is 3.20. The highest BCUT2D eigenvalue weighted by molar-refractivity contribution is 7.89. The van der Waals surface area contributed by atoms with Crippen molar-refractivity contribution in [1.29, 1.82) is 0 Å². The Hall–Kier alpha value is -1.87. The number of aromatic nitrogens is 1. The molecule has 2 heterocycles. The van der Waals surface area contributed by atoms with E-state index in [2.05, 4.69) is 5.32 Å². The summed E-state index contributed by atoms with van der Waals surface area (Å²) in [5, 5.41) is 10.8. The highest BCUT2D eigenvalue weighted by atomic mass is 32.2. The first kappa shape index (κ1) is 17.5. The van der Waals surface area contributed by atoms with Gasteiger partial charge in [-0.05, 0) is 24.8 Å². The number of rotatable bonds is 5. The quantitative estimate of drug-likeness (QED) is 0.797. The zero-order valence-corrected chi connectivity index (χ0v) is 14.0. The van der Waals surface area contributed by atoms with Crippen molar-refractivity contribution in [3.63, 3.8) is 0 Å². The first-order valence-corrected chi connectivity index (χ1v) is 8.82. The first-order chi connectivity index (χ1) is 10.7. The maximum atomic E-state index is 12.7. The summed E-state index contributed by atoms with van der Waals surface area (Å²) in [5.41, 5.74) is 0.106. The predicted molar refractivity (Wildman–Crippen MR) is 82.5 cm³/mol. The highest BCUT2D eigenvalue weighted by Gasteiger charge is 2.30. The zero-order valence-electron chi connectivity index (χ0n) is 13.2. The summed E-state index contributed by atoms with van der Waals surface area (Å²) in [5.74, 6) is -1.48. The maximum Gasteiger partial charge on any atom is 0.322 e. The minimum atomic E-state index is -3.65. The minimum absolute atomic E-state index is 0.0505. The molecule has 0 saturated carbocycles. The molecular weight excluding hydrogens is 322 g/mol. The number of aryl methyl sites for hydroxylation is 1. The van der Waals surface area contributed by atoms with Gasteiger partial charge in [0.2, 0.25) is 10.0 Å². The number of carboxylic acid groups (broad SMARTS) is 1. The normalized spacial score (nSPS) is 19.5. The molecule has 0 radical (unpaired) electrons. The van der Waals surface area contributed by atoms with E-state index in [-0.39, 0.29) is 10.6 Å². The number of nitrogens with one attached hydrogen (secondary N) is 1. The molecule has 8 nitrogen and oxygen atoms in total. The summed E-state index contributed by atoms with van der Waals surface area (Å²) in [6, 6.07) is 1.28. The van der Waals surface area contributed by atoms with Crippen molar-refractivity contribution in [1.82, 2.24) is 14.2 Å². The second kappa shape index (κ2) is 6.71. The Kier molecular flexibility index (Phi) is 5.10. The van der Waals surface area contributed by atoms with E-state index >= 15 is 0 Å². The molecule has 1 aliphatic rings. The van der Waals surface area contributed by atoms with Crippen molar-refractivity contribution < 1.29 is 23.1 Å². The summed E-state index contributed by atoms with van der Waals surface area (Å²) >= 11 is 0. The molecule has 1 saturated heterocycles. The van der Waals surface area contributed by atoms with E-state index in [9.17, 15) is 18.0 Å². The first-order valence-electron chi connectivity index (χ1n) is 7.38. The van der Waals surface area contributed by atoms with Crippen LogP contribution in [0.4, 0.5) is 0 Å². The summed E-state index contributed by atoms with van der Waals surface area (Å²) < 4.78 is 28.2. The molecule has 128 valence electrons. The molecule has 0 spiro atoms. The van der Waals surface area contributed by atoms with Crippen LogP contribution in [0.15, 0.2) is 17.2 Å². The Balaban J connectivity index is 2.22. The summed E-state index contributed by atoms with van der Waals surface area (Å²) in [6.45, 7) is 2.44. The van der Waals surface area contributed by atoms with E-state index < -0.39 is 28.4 Å². The highest BCUT2D eigenvalue weighted by Crippen LogP contribution is 2.24. The van der Waals surface area contributed by atoms with Crippen LogP contribution < -0.4 is 5.32 Å². The van der Waals surface area contributed by atoms with Crippen LogP contribution in [0.25, 0.3) is 0 Å². The molecule has 1 atom stereocenters. The van der Waals surface area contributed by atoms with Gasteiger partial charge in [0.05, 0.1) is 0 Å². The number of aliphatic carboxylic acids is 1. The number of hydrogen-bond acceptors (Lipinski definition) is 4. The Morgan fingerprint density at radius 2 is 2.13 bits per heavy atom. The molecule has 1 aromatic heterocycles. The average Bonchev–Trinajstić information content (AvgIpc) is 2.87. The number of sulfonamides is 1. The average molecular weight is 343 g/mol. The van der Waals surface area contributed by atoms with Gasteiger partial charge in [-0.2, -0.15) is 4.31 Å². The minimum Gasteiger partial charge on any atom is -0.480 e. The number of nitrogens with zero attached hydrogens (tertiary/aromatic N) is 2. The zero-order chi connectivity index (χ0) is 17.2. The SMILES string of the molecule is CC1CCCN(S(=O)(=O)c2cc(C(=O)NCC(=O)O)n(C)c2)C1. The topological polar surface area (TPSA) is 109 Å². The monoisotopic (exact) mass is 343 g/mol. The van der Waals surface area contributed by atoms with E-state index in [1.165, 1.54) is 21.1 Å². The van der Waals surface area contributed by atoms with E-state index in [1.807, 2.05) is 6.92 Å². The lowest BCUT2D eigenvalue weighted by molar-refractivity contribution is -0.135. The summed E-state index contributed by atoms with van der Waals surface area (Å²) in [7, 11) is -2.10. The molecule has 0 aliphatic carbocycles. The van der Waals surface area contributed by atoms with E-state index in [0.717, 1.165) is 12.8 Å². The second-order valence-electron chi connectivity index (χ2n) is 5.86. The number of hydrogen-bond donors (Lipinski definition) is 2. The molecule has 2 rings (SSSR count). The van der Waals surface area contributed by atoms with Crippen molar-refractivity contribution in [2.75, 3.05) is 19.6 Å². The van der Waals surface area contributed by atoms with Crippen LogP contribution >= 0.6 is 0 Å². The second-order valence-corrected chi connectivity index (χ2v) is 7.80.